The topological polar surface area (TPSA) is 48.1 Å². The molecule has 0 spiro atoms. The Morgan fingerprint density at radius 1 is 1.28 bits per heavy atom. The molecule has 3 nitrogen and oxygen atoms in total. The monoisotopic (exact) mass is 242 g/mol. The van der Waals surface area contributed by atoms with Gasteiger partial charge in [-0.25, -0.2) is 0 Å². The summed E-state index contributed by atoms with van der Waals surface area (Å²) in [5.41, 5.74) is 9.50. The number of aryl methyl sites for hydroxylation is 1. The number of nitrogens with zero attached hydrogens (tertiary/aromatic N) is 1. The van der Waals surface area contributed by atoms with Gasteiger partial charge < -0.3 is 10.5 Å². The largest absolute Gasteiger partial charge is 0.497 e. The molecule has 0 radical (unpaired) electrons. The highest BCUT2D eigenvalue weighted by Gasteiger charge is 2.10. The lowest BCUT2D eigenvalue weighted by molar-refractivity contribution is 0.414. The molecule has 2 rings (SSSR count). The molecule has 1 atom stereocenters. The van der Waals surface area contributed by atoms with Crippen LogP contribution in [0.15, 0.2) is 42.6 Å². The quantitative estimate of drug-likeness (QED) is 0.896. The summed E-state index contributed by atoms with van der Waals surface area (Å²) >= 11 is 0. The van der Waals surface area contributed by atoms with Crippen LogP contribution in [-0.4, -0.2) is 12.1 Å². The van der Waals surface area contributed by atoms with Crippen molar-refractivity contribution in [2.45, 2.75) is 19.4 Å². The Bertz CT molecular complexity index is 525. The van der Waals surface area contributed by atoms with Crippen LogP contribution < -0.4 is 10.5 Å². The maximum atomic E-state index is 6.24. The molecule has 0 aliphatic carbocycles. The molecule has 0 saturated carbocycles. The Balaban J connectivity index is 2.16. The summed E-state index contributed by atoms with van der Waals surface area (Å²) in [4.78, 5) is 4.27. The van der Waals surface area contributed by atoms with Gasteiger partial charge in [0.2, 0.25) is 0 Å². The molecule has 1 heterocycles. The van der Waals surface area contributed by atoms with Crippen molar-refractivity contribution in [3.05, 3.63) is 59.4 Å². The van der Waals surface area contributed by atoms with Gasteiger partial charge in [0.05, 0.1) is 7.11 Å². The van der Waals surface area contributed by atoms with Crippen molar-refractivity contribution in [1.82, 2.24) is 4.98 Å². The lowest BCUT2D eigenvalue weighted by Gasteiger charge is -2.14. The van der Waals surface area contributed by atoms with Crippen LogP contribution in [0.25, 0.3) is 0 Å². The first-order valence-electron chi connectivity index (χ1n) is 6.00. The number of nitrogens with two attached hydrogens (primary N) is 1. The number of hydrogen-bond donors (Lipinski definition) is 1. The van der Waals surface area contributed by atoms with Gasteiger partial charge in [-0.05, 0) is 42.7 Å². The van der Waals surface area contributed by atoms with E-state index < -0.39 is 0 Å². The summed E-state index contributed by atoms with van der Waals surface area (Å²) in [6.07, 6.45) is 2.57. The van der Waals surface area contributed by atoms with Crippen molar-refractivity contribution < 1.29 is 4.74 Å². The van der Waals surface area contributed by atoms with Crippen LogP contribution >= 0.6 is 0 Å². The number of methoxy groups -OCH3 is 1. The molecule has 1 aromatic carbocycles. The van der Waals surface area contributed by atoms with Gasteiger partial charge in [-0.1, -0.05) is 18.2 Å². The average Bonchev–Trinajstić information content (AvgIpc) is 2.39. The van der Waals surface area contributed by atoms with Crippen LogP contribution in [0.1, 0.15) is 22.9 Å². The van der Waals surface area contributed by atoms with E-state index in [2.05, 4.69) is 11.1 Å². The number of aromatic nitrogens is 1. The van der Waals surface area contributed by atoms with Crippen molar-refractivity contribution in [2.75, 3.05) is 7.11 Å². The number of benzene rings is 1. The minimum Gasteiger partial charge on any atom is -0.497 e. The number of ether oxygens (including phenoxy) is 1. The highest BCUT2D eigenvalue weighted by Crippen LogP contribution is 2.20. The Morgan fingerprint density at radius 3 is 2.83 bits per heavy atom. The standard InChI is InChI=1S/C15H18N2O/c1-11-14(7-4-8-17-11)15(16)10-12-5-3-6-13(9-12)18-2/h3-9,15H,10,16H2,1-2H3. The first-order chi connectivity index (χ1) is 8.70. The van der Waals surface area contributed by atoms with Gasteiger partial charge in [0.25, 0.3) is 0 Å². The number of pyridine rings is 1. The molecule has 1 unspecified atom stereocenters. The molecule has 0 aliphatic rings. The van der Waals surface area contributed by atoms with E-state index >= 15 is 0 Å². The third kappa shape index (κ3) is 2.87. The summed E-state index contributed by atoms with van der Waals surface area (Å²) in [5, 5.41) is 0. The van der Waals surface area contributed by atoms with Crippen molar-refractivity contribution >= 4 is 0 Å². The first kappa shape index (κ1) is 12.6. The summed E-state index contributed by atoms with van der Waals surface area (Å²) in [5.74, 6) is 0.864. The molecule has 0 saturated heterocycles. The Morgan fingerprint density at radius 2 is 2.11 bits per heavy atom. The predicted molar refractivity (Wildman–Crippen MR) is 72.6 cm³/mol. The second-order valence-corrected chi connectivity index (χ2v) is 4.34. The molecule has 2 N–H and O–H groups in total. The Hall–Kier alpha value is -1.87. The maximum absolute atomic E-state index is 6.24. The molecule has 18 heavy (non-hydrogen) atoms. The van der Waals surface area contributed by atoms with Gasteiger partial charge in [0, 0.05) is 17.9 Å². The van der Waals surface area contributed by atoms with Crippen LogP contribution in [0.2, 0.25) is 0 Å². The summed E-state index contributed by atoms with van der Waals surface area (Å²) < 4.78 is 5.21. The van der Waals surface area contributed by atoms with Crippen LogP contribution in [-0.2, 0) is 6.42 Å². The second-order valence-electron chi connectivity index (χ2n) is 4.34. The van der Waals surface area contributed by atoms with Gasteiger partial charge in [-0.3, -0.25) is 4.98 Å². The van der Waals surface area contributed by atoms with Crippen molar-refractivity contribution in [1.29, 1.82) is 0 Å². The van der Waals surface area contributed by atoms with Crippen LogP contribution in [0, 0.1) is 6.92 Å². The van der Waals surface area contributed by atoms with Gasteiger partial charge in [0.15, 0.2) is 0 Å². The van der Waals surface area contributed by atoms with E-state index in [9.17, 15) is 0 Å². The average molecular weight is 242 g/mol. The number of rotatable bonds is 4. The minimum absolute atomic E-state index is 0.0363. The van der Waals surface area contributed by atoms with E-state index in [0.29, 0.717) is 0 Å². The molecule has 1 aromatic heterocycles. The third-order valence-electron chi connectivity index (χ3n) is 3.04. The molecule has 0 amide bonds. The molecule has 2 aromatic rings. The van der Waals surface area contributed by atoms with Crippen LogP contribution in [0.5, 0.6) is 5.75 Å². The van der Waals surface area contributed by atoms with Gasteiger partial charge in [0.1, 0.15) is 5.75 Å². The van der Waals surface area contributed by atoms with E-state index in [0.717, 1.165) is 23.4 Å². The third-order valence-corrected chi connectivity index (χ3v) is 3.04. The fraction of sp³-hybridized carbons (Fsp3) is 0.267. The van der Waals surface area contributed by atoms with Gasteiger partial charge >= 0.3 is 0 Å². The molecule has 0 fully saturated rings. The first-order valence-corrected chi connectivity index (χ1v) is 6.00. The van der Waals surface area contributed by atoms with E-state index in [1.807, 2.05) is 37.3 Å². The molecular formula is C15H18N2O. The van der Waals surface area contributed by atoms with E-state index in [4.69, 9.17) is 10.5 Å². The SMILES string of the molecule is COc1cccc(CC(N)c2cccnc2C)c1. The summed E-state index contributed by atoms with van der Waals surface area (Å²) in [6, 6.07) is 11.9. The highest BCUT2D eigenvalue weighted by atomic mass is 16.5. The second kappa shape index (κ2) is 5.65. The van der Waals surface area contributed by atoms with Crippen molar-refractivity contribution in [3.63, 3.8) is 0 Å². The Kier molecular flexibility index (Phi) is 3.95. The predicted octanol–water partition coefficient (Wildman–Crippen LogP) is 2.64. The van der Waals surface area contributed by atoms with Gasteiger partial charge in [-0.2, -0.15) is 0 Å². The highest BCUT2D eigenvalue weighted by molar-refractivity contribution is 5.31. The minimum atomic E-state index is -0.0363. The molecule has 0 bridgehead atoms. The number of hydrogen-bond acceptors (Lipinski definition) is 3. The van der Waals surface area contributed by atoms with Crippen molar-refractivity contribution in [2.24, 2.45) is 5.73 Å². The lowest BCUT2D eigenvalue weighted by atomic mass is 9.99. The zero-order chi connectivity index (χ0) is 13.0. The van der Waals surface area contributed by atoms with Crippen molar-refractivity contribution in [3.8, 4) is 5.75 Å². The summed E-state index contributed by atoms with van der Waals surface area (Å²) in [7, 11) is 1.67. The van der Waals surface area contributed by atoms with Crippen LogP contribution in [0.3, 0.4) is 0 Å². The smallest absolute Gasteiger partial charge is 0.119 e. The fourth-order valence-electron chi connectivity index (χ4n) is 2.05. The van der Waals surface area contributed by atoms with Crippen LogP contribution in [0.4, 0.5) is 0 Å². The van der Waals surface area contributed by atoms with Gasteiger partial charge in [-0.15, -0.1) is 0 Å². The fourth-order valence-corrected chi connectivity index (χ4v) is 2.05. The zero-order valence-electron chi connectivity index (χ0n) is 10.8. The molecule has 3 heteroatoms. The summed E-state index contributed by atoms with van der Waals surface area (Å²) in [6.45, 7) is 1.99. The van der Waals surface area contributed by atoms with E-state index in [-0.39, 0.29) is 6.04 Å². The normalized spacial score (nSPS) is 12.2. The van der Waals surface area contributed by atoms with E-state index in [1.165, 1.54) is 5.56 Å². The molecule has 94 valence electrons. The maximum Gasteiger partial charge on any atom is 0.119 e. The Labute approximate surface area is 108 Å². The zero-order valence-corrected chi connectivity index (χ0v) is 10.8. The molecular weight excluding hydrogens is 224 g/mol. The molecule has 0 aliphatic heterocycles. The lowest BCUT2D eigenvalue weighted by Crippen LogP contribution is -2.15. The van der Waals surface area contributed by atoms with E-state index in [1.54, 1.807) is 13.3 Å².